The molecule has 0 aromatic heterocycles. The Labute approximate surface area is 100 Å². The summed E-state index contributed by atoms with van der Waals surface area (Å²) >= 11 is 0. The number of hydrogen-bond donors (Lipinski definition) is 2. The molecular formula is C9H14ClFN2O2S. The van der Waals surface area contributed by atoms with Crippen molar-refractivity contribution >= 4 is 22.4 Å². The summed E-state index contributed by atoms with van der Waals surface area (Å²) in [6.45, 7) is 1.91. The lowest BCUT2D eigenvalue weighted by molar-refractivity contribution is 0.577. The van der Waals surface area contributed by atoms with Gasteiger partial charge in [0.2, 0.25) is 10.0 Å². The smallest absolute Gasteiger partial charge is 0.240 e. The van der Waals surface area contributed by atoms with Gasteiger partial charge in [0.15, 0.2) is 0 Å². The largest absolute Gasteiger partial charge is 0.329 e. The highest BCUT2D eigenvalue weighted by atomic mass is 35.5. The third-order valence-electron chi connectivity index (χ3n) is 1.89. The summed E-state index contributed by atoms with van der Waals surface area (Å²) < 4.78 is 38.4. The first kappa shape index (κ1) is 15.3. The van der Waals surface area contributed by atoms with Crippen molar-refractivity contribution in [1.82, 2.24) is 4.72 Å². The van der Waals surface area contributed by atoms with Crippen LogP contribution in [0.3, 0.4) is 0 Å². The van der Waals surface area contributed by atoms with Crippen LogP contribution in [0.25, 0.3) is 0 Å². The molecule has 1 rings (SSSR count). The van der Waals surface area contributed by atoms with Crippen LogP contribution < -0.4 is 10.5 Å². The van der Waals surface area contributed by atoms with Crippen LogP contribution in [0.15, 0.2) is 23.1 Å². The molecule has 7 heteroatoms. The second-order valence-electron chi connectivity index (χ2n) is 3.10. The third kappa shape index (κ3) is 3.71. The molecule has 4 nitrogen and oxygen atoms in total. The van der Waals surface area contributed by atoms with Crippen LogP contribution in [0.2, 0.25) is 0 Å². The van der Waals surface area contributed by atoms with Gasteiger partial charge in [0.1, 0.15) is 5.82 Å². The minimum atomic E-state index is -3.63. The van der Waals surface area contributed by atoms with Crippen molar-refractivity contribution in [3.05, 3.63) is 29.6 Å². The zero-order valence-corrected chi connectivity index (χ0v) is 10.4. The molecule has 1 aromatic rings. The van der Waals surface area contributed by atoms with E-state index in [1.165, 1.54) is 12.1 Å². The zero-order valence-electron chi connectivity index (χ0n) is 8.73. The molecule has 0 atom stereocenters. The summed E-state index contributed by atoms with van der Waals surface area (Å²) in [7, 11) is -3.63. The fourth-order valence-electron chi connectivity index (χ4n) is 1.02. The Balaban J connectivity index is 0.00000225. The summed E-state index contributed by atoms with van der Waals surface area (Å²) in [5.41, 5.74) is 5.58. The van der Waals surface area contributed by atoms with Gasteiger partial charge < -0.3 is 5.73 Å². The van der Waals surface area contributed by atoms with E-state index in [9.17, 15) is 12.8 Å². The number of sulfonamides is 1. The van der Waals surface area contributed by atoms with Crippen LogP contribution in [0, 0.1) is 12.7 Å². The number of benzene rings is 1. The Bertz CT molecular complexity index is 451. The molecule has 0 aliphatic rings. The number of rotatable bonds is 4. The molecule has 0 heterocycles. The van der Waals surface area contributed by atoms with Crippen molar-refractivity contribution < 1.29 is 12.8 Å². The molecule has 16 heavy (non-hydrogen) atoms. The van der Waals surface area contributed by atoms with Crippen LogP contribution in [0.4, 0.5) is 4.39 Å². The average Bonchev–Trinajstić information content (AvgIpc) is 2.19. The minimum absolute atomic E-state index is 0. The van der Waals surface area contributed by atoms with E-state index in [0.29, 0.717) is 5.56 Å². The van der Waals surface area contributed by atoms with E-state index >= 15 is 0 Å². The van der Waals surface area contributed by atoms with Crippen molar-refractivity contribution in [2.24, 2.45) is 5.73 Å². The molecule has 0 bridgehead atoms. The van der Waals surface area contributed by atoms with Gasteiger partial charge in [-0.2, -0.15) is 0 Å². The van der Waals surface area contributed by atoms with E-state index in [2.05, 4.69) is 4.72 Å². The summed E-state index contributed by atoms with van der Waals surface area (Å²) in [4.78, 5) is -0.0842. The lowest BCUT2D eigenvalue weighted by Crippen LogP contribution is -2.29. The summed E-state index contributed by atoms with van der Waals surface area (Å²) in [5, 5.41) is 0. The van der Waals surface area contributed by atoms with Gasteiger partial charge in [-0.05, 0) is 24.6 Å². The predicted molar refractivity (Wildman–Crippen MR) is 62.6 cm³/mol. The first-order chi connectivity index (χ1) is 6.97. The summed E-state index contributed by atoms with van der Waals surface area (Å²) in [5.74, 6) is -0.536. The predicted octanol–water partition coefficient (Wildman–Crippen LogP) is 0.793. The maximum atomic E-state index is 13.1. The lowest BCUT2D eigenvalue weighted by atomic mass is 10.2. The molecule has 0 fully saturated rings. The van der Waals surface area contributed by atoms with Gasteiger partial charge in [-0.3, -0.25) is 0 Å². The van der Waals surface area contributed by atoms with Gasteiger partial charge >= 0.3 is 0 Å². The quantitative estimate of drug-likeness (QED) is 0.848. The first-order valence-corrected chi connectivity index (χ1v) is 5.91. The van der Waals surface area contributed by atoms with Crippen molar-refractivity contribution in [2.45, 2.75) is 11.8 Å². The highest BCUT2D eigenvalue weighted by Crippen LogP contribution is 2.13. The first-order valence-electron chi connectivity index (χ1n) is 4.43. The van der Waals surface area contributed by atoms with E-state index < -0.39 is 15.8 Å². The second kappa shape index (κ2) is 6.15. The molecule has 0 amide bonds. The molecule has 0 spiro atoms. The van der Waals surface area contributed by atoms with Gasteiger partial charge in [-0.15, -0.1) is 12.4 Å². The van der Waals surface area contributed by atoms with Gasteiger partial charge in [0.25, 0.3) is 0 Å². The molecule has 92 valence electrons. The minimum Gasteiger partial charge on any atom is -0.329 e. The normalized spacial score (nSPS) is 10.9. The third-order valence-corrected chi connectivity index (χ3v) is 3.35. The van der Waals surface area contributed by atoms with Crippen LogP contribution in [0.1, 0.15) is 5.56 Å². The van der Waals surface area contributed by atoms with E-state index in [0.717, 1.165) is 6.07 Å². The molecule has 0 aliphatic heterocycles. The standard InChI is InChI=1S/C9H13FN2O2S.ClH/c1-7-2-3-8(6-9(7)10)15(13,14)12-5-4-11;/h2-3,6,12H,4-5,11H2,1H3;1H. The fourth-order valence-corrected chi connectivity index (χ4v) is 2.08. The number of aryl methyl sites for hydroxylation is 1. The molecule has 0 unspecified atom stereocenters. The van der Waals surface area contributed by atoms with Crippen LogP contribution in [0.5, 0.6) is 0 Å². The van der Waals surface area contributed by atoms with Crippen LogP contribution >= 0.6 is 12.4 Å². The molecule has 0 saturated heterocycles. The zero-order chi connectivity index (χ0) is 11.5. The fraction of sp³-hybridized carbons (Fsp3) is 0.333. The Morgan fingerprint density at radius 3 is 2.56 bits per heavy atom. The van der Waals surface area contributed by atoms with E-state index in [1.54, 1.807) is 6.92 Å². The molecule has 0 radical (unpaired) electrons. The number of nitrogens with two attached hydrogens (primary N) is 1. The van der Waals surface area contributed by atoms with Crippen molar-refractivity contribution in [1.29, 1.82) is 0 Å². The Kier molecular flexibility index (Phi) is 5.88. The van der Waals surface area contributed by atoms with Crippen molar-refractivity contribution in [3.8, 4) is 0 Å². The molecule has 3 N–H and O–H groups in total. The van der Waals surface area contributed by atoms with E-state index in [-0.39, 0.29) is 30.4 Å². The monoisotopic (exact) mass is 268 g/mol. The number of nitrogens with one attached hydrogen (secondary N) is 1. The van der Waals surface area contributed by atoms with Gasteiger partial charge in [-0.1, -0.05) is 6.07 Å². The van der Waals surface area contributed by atoms with E-state index in [4.69, 9.17) is 5.73 Å². The molecule has 0 aliphatic carbocycles. The molecular weight excluding hydrogens is 255 g/mol. The second-order valence-corrected chi connectivity index (χ2v) is 4.86. The topological polar surface area (TPSA) is 72.2 Å². The van der Waals surface area contributed by atoms with Crippen LogP contribution in [-0.2, 0) is 10.0 Å². The van der Waals surface area contributed by atoms with Crippen molar-refractivity contribution in [3.63, 3.8) is 0 Å². The van der Waals surface area contributed by atoms with Gasteiger partial charge in [-0.25, -0.2) is 17.5 Å². The SMILES string of the molecule is Cc1ccc(S(=O)(=O)NCCN)cc1F.Cl. The van der Waals surface area contributed by atoms with Crippen molar-refractivity contribution in [2.75, 3.05) is 13.1 Å². The maximum absolute atomic E-state index is 13.1. The molecule has 0 saturated carbocycles. The van der Waals surface area contributed by atoms with Gasteiger partial charge in [0.05, 0.1) is 4.90 Å². The Hall–Kier alpha value is -0.690. The number of halogens is 2. The Morgan fingerprint density at radius 2 is 2.06 bits per heavy atom. The highest BCUT2D eigenvalue weighted by molar-refractivity contribution is 7.89. The maximum Gasteiger partial charge on any atom is 0.240 e. The van der Waals surface area contributed by atoms with E-state index in [1.807, 2.05) is 0 Å². The summed E-state index contributed by atoms with van der Waals surface area (Å²) in [6, 6.07) is 3.78. The number of hydrogen-bond acceptors (Lipinski definition) is 3. The van der Waals surface area contributed by atoms with Crippen LogP contribution in [-0.4, -0.2) is 21.5 Å². The average molecular weight is 269 g/mol. The van der Waals surface area contributed by atoms with Gasteiger partial charge in [0, 0.05) is 13.1 Å². The Morgan fingerprint density at radius 1 is 1.44 bits per heavy atom. The highest BCUT2D eigenvalue weighted by Gasteiger charge is 2.14. The lowest BCUT2D eigenvalue weighted by Gasteiger charge is -2.06. The summed E-state index contributed by atoms with van der Waals surface area (Å²) in [6.07, 6.45) is 0. The molecule has 1 aromatic carbocycles.